The van der Waals surface area contributed by atoms with Crippen LogP contribution in [0.4, 0.5) is 0 Å². The molecule has 0 saturated carbocycles. The van der Waals surface area contributed by atoms with Crippen LogP contribution in [0.2, 0.25) is 0 Å². The molecule has 3 N–H and O–H groups in total. The number of carboxylic acid groups (broad SMARTS) is 1. The van der Waals surface area contributed by atoms with Crippen molar-refractivity contribution in [2.75, 3.05) is 0 Å². The van der Waals surface area contributed by atoms with E-state index in [0.29, 0.717) is 0 Å². The molecule has 0 saturated heterocycles. The second-order valence-electron chi connectivity index (χ2n) is 4.36. The first-order valence-electron chi connectivity index (χ1n) is 6.28. The highest BCUT2D eigenvalue weighted by molar-refractivity contribution is 7.89. The number of hydrogen-bond donors (Lipinski definition) is 3. The van der Waals surface area contributed by atoms with Gasteiger partial charge in [0.05, 0.1) is 6.20 Å². The van der Waals surface area contributed by atoms with Gasteiger partial charge in [0.2, 0.25) is 0 Å². The van der Waals surface area contributed by atoms with Crippen molar-refractivity contribution < 1.29 is 18.3 Å². The molecule has 0 amide bonds. The van der Waals surface area contributed by atoms with E-state index in [2.05, 4.69) is 14.9 Å². The number of aromatic amines is 1. The summed E-state index contributed by atoms with van der Waals surface area (Å²) in [5.74, 6) is -1.35. The Balaban J connectivity index is 2.22. The molecule has 0 radical (unpaired) electrons. The highest BCUT2D eigenvalue weighted by atomic mass is 32.2. The molecule has 1 aromatic heterocycles. The summed E-state index contributed by atoms with van der Waals surface area (Å²) in [6.45, 7) is 2.06. The van der Waals surface area contributed by atoms with E-state index in [4.69, 9.17) is 5.11 Å². The van der Waals surface area contributed by atoms with Crippen molar-refractivity contribution in [3.05, 3.63) is 47.2 Å². The molecule has 21 heavy (non-hydrogen) atoms. The quantitative estimate of drug-likeness (QED) is 0.741. The van der Waals surface area contributed by atoms with Crippen LogP contribution in [-0.2, 0) is 23.0 Å². The van der Waals surface area contributed by atoms with E-state index < -0.39 is 21.0 Å². The maximum Gasteiger partial charge on any atom is 0.340 e. The molecule has 0 unspecified atom stereocenters. The third-order valence-corrected chi connectivity index (χ3v) is 4.43. The van der Waals surface area contributed by atoms with E-state index in [1.165, 1.54) is 0 Å². The summed E-state index contributed by atoms with van der Waals surface area (Å²) >= 11 is 0. The normalized spacial score (nSPS) is 11.5. The van der Waals surface area contributed by atoms with Gasteiger partial charge in [-0.15, -0.1) is 0 Å². The minimum Gasteiger partial charge on any atom is -0.478 e. The van der Waals surface area contributed by atoms with Crippen LogP contribution < -0.4 is 4.72 Å². The molecule has 2 rings (SSSR count). The van der Waals surface area contributed by atoms with Crippen molar-refractivity contribution in [3.8, 4) is 0 Å². The molecule has 0 aliphatic heterocycles. The maximum atomic E-state index is 12.1. The van der Waals surface area contributed by atoms with E-state index >= 15 is 0 Å². The summed E-state index contributed by atoms with van der Waals surface area (Å²) < 4.78 is 26.7. The van der Waals surface area contributed by atoms with Crippen molar-refractivity contribution in [1.29, 1.82) is 0 Å². The fraction of sp³-hybridized carbons (Fsp3) is 0.231. The van der Waals surface area contributed by atoms with Crippen LogP contribution in [0.5, 0.6) is 0 Å². The molecule has 0 fully saturated rings. The fourth-order valence-corrected chi connectivity index (χ4v) is 3.04. The summed E-state index contributed by atoms with van der Waals surface area (Å²) in [7, 11) is -3.96. The highest BCUT2D eigenvalue weighted by Crippen LogP contribution is 2.14. The smallest absolute Gasteiger partial charge is 0.340 e. The van der Waals surface area contributed by atoms with E-state index in [1.54, 1.807) is 0 Å². The average molecular weight is 309 g/mol. The van der Waals surface area contributed by atoms with E-state index in [1.807, 2.05) is 31.2 Å². The van der Waals surface area contributed by atoms with Gasteiger partial charge >= 0.3 is 5.97 Å². The van der Waals surface area contributed by atoms with Crippen LogP contribution in [-0.4, -0.2) is 29.7 Å². The van der Waals surface area contributed by atoms with Gasteiger partial charge in [-0.2, -0.15) is 5.10 Å². The van der Waals surface area contributed by atoms with Gasteiger partial charge in [0.1, 0.15) is 5.56 Å². The predicted molar refractivity (Wildman–Crippen MR) is 75.4 cm³/mol. The number of hydrogen-bond acceptors (Lipinski definition) is 4. The van der Waals surface area contributed by atoms with Gasteiger partial charge in [0.15, 0.2) is 5.03 Å². The molecule has 0 spiro atoms. The Labute approximate surface area is 122 Å². The van der Waals surface area contributed by atoms with Crippen LogP contribution in [0.1, 0.15) is 28.4 Å². The van der Waals surface area contributed by atoms with Crippen molar-refractivity contribution in [3.63, 3.8) is 0 Å². The van der Waals surface area contributed by atoms with Crippen LogP contribution >= 0.6 is 0 Å². The lowest BCUT2D eigenvalue weighted by atomic mass is 10.1. The number of aromatic nitrogens is 2. The van der Waals surface area contributed by atoms with Crippen LogP contribution in [0.25, 0.3) is 0 Å². The molecule has 1 heterocycles. The summed E-state index contributed by atoms with van der Waals surface area (Å²) in [5, 5.41) is 14.2. The maximum absolute atomic E-state index is 12.1. The number of carbonyl (C=O) groups is 1. The summed E-state index contributed by atoms with van der Waals surface area (Å²) in [6.07, 6.45) is 1.75. The number of benzene rings is 1. The SMILES string of the molecule is CCc1ccccc1CNS(=O)(=O)c1[nH]ncc1C(=O)O. The standard InChI is InChI=1S/C13H15N3O4S/c1-2-9-5-3-4-6-10(9)7-15-21(19,20)12-11(13(17)18)8-14-16-12/h3-6,8,15H,2,7H2,1H3,(H,14,16)(H,17,18). The first-order valence-corrected chi connectivity index (χ1v) is 7.77. The van der Waals surface area contributed by atoms with E-state index in [-0.39, 0.29) is 12.1 Å². The fourth-order valence-electron chi connectivity index (χ4n) is 1.95. The van der Waals surface area contributed by atoms with Gasteiger partial charge in [0.25, 0.3) is 10.0 Å². The molecular formula is C13H15N3O4S. The molecule has 8 heteroatoms. The number of aryl methyl sites for hydroxylation is 1. The molecule has 0 atom stereocenters. The Hall–Kier alpha value is -2.19. The zero-order valence-electron chi connectivity index (χ0n) is 11.3. The van der Waals surface area contributed by atoms with Crippen molar-refractivity contribution in [2.45, 2.75) is 24.9 Å². The molecule has 2 aromatic rings. The largest absolute Gasteiger partial charge is 0.478 e. The average Bonchev–Trinajstić information content (AvgIpc) is 2.96. The number of carboxylic acids is 1. The Bertz CT molecular complexity index is 752. The molecule has 0 aliphatic carbocycles. The minimum atomic E-state index is -3.96. The van der Waals surface area contributed by atoms with Gasteiger partial charge in [-0.3, -0.25) is 5.10 Å². The lowest BCUT2D eigenvalue weighted by molar-refractivity contribution is 0.0692. The zero-order chi connectivity index (χ0) is 15.5. The van der Waals surface area contributed by atoms with Gasteiger partial charge in [-0.1, -0.05) is 31.2 Å². The Kier molecular flexibility index (Phi) is 4.39. The monoisotopic (exact) mass is 309 g/mol. The topological polar surface area (TPSA) is 112 Å². The van der Waals surface area contributed by atoms with Crippen molar-refractivity contribution in [1.82, 2.24) is 14.9 Å². The number of sulfonamides is 1. The van der Waals surface area contributed by atoms with Crippen LogP contribution in [0, 0.1) is 0 Å². The third kappa shape index (κ3) is 3.29. The summed E-state index contributed by atoms with van der Waals surface area (Å²) in [4.78, 5) is 11.0. The number of aromatic carboxylic acids is 1. The third-order valence-electron chi connectivity index (χ3n) is 3.06. The molecule has 7 nitrogen and oxygen atoms in total. The lowest BCUT2D eigenvalue weighted by Gasteiger charge is -2.09. The van der Waals surface area contributed by atoms with Gasteiger partial charge in [-0.05, 0) is 17.5 Å². The zero-order valence-corrected chi connectivity index (χ0v) is 12.1. The number of rotatable bonds is 6. The molecular weight excluding hydrogens is 294 g/mol. The Morgan fingerprint density at radius 1 is 1.33 bits per heavy atom. The van der Waals surface area contributed by atoms with Crippen LogP contribution in [0.15, 0.2) is 35.5 Å². The molecule has 0 bridgehead atoms. The van der Waals surface area contributed by atoms with Gasteiger partial charge in [0, 0.05) is 6.54 Å². The predicted octanol–water partition coefficient (Wildman–Crippen LogP) is 1.15. The lowest BCUT2D eigenvalue weighted by Crippen LogP contribution is -2.25. The van der Waals surface area contributed by atoms with Crippen molar-refractivity contribution >= 4 is 16.0 Å². The molecule has 1 aromatic carbocycles. The Morgan fingerprint density at radius 3 is 2.62 bits per heavy atom. The highest BCUT2D eigenvalue weighted by Gasteiger charge is 2.24. The minimum absolute atomic E-state index is 0.0877. The molecule has 0 aliphatic rings. The van der Waals surface area contributed by atoms with Gasteiger partial charge < -0.3 is 5.11 Å². The van der Waals surface area contributed by atoms with E-state index in [0.717, 1.165) is 23.7 Å². The first kappa shape index (κ1) is 15.2. The number of nitrogens with zero attached hydrogens (tertiary/aromatic N) is 1. The Morgan fingerprint density at radius 2 is 2.00 bits per heavy atom. The second kappa shape index (κ2) is 6.06. The second-order valence-corrected chi connectivity index (χ2v) is 6.07. The summed E-state index contributed by atoms with van der Waals surface area (Å²) in [5.41, 5.74) is 1.49. The van der Waals surface area contributed by atoms with Gasteiger partial charge in [-0.25, -0.2) is 17.9 Å². The summed E-state index contributed by atoms with van der Waals surface area (Å²) in [6, 6.07) is 7.45. The number of H-pyrrole nitrogens is 1. The van der Waals surface area contributed by atoms with Crippen molar-refractivity contribution in [2.24, 2.45) is 0 Å². The van der Waals surface area contributed by atoms with Crippen LogP contribution in [0.3, 0.4) is 0 Å². The molecule has 112 valence electrons. The number of nitrogens with one attached hydrogen (secondary N) is 2. The first-order chi connectivity index (χ1) is 9.95. The van der Waals surface area contributed by atoms with E-state index in [9.17, 15) is 13.2 Å².